The molecule has 0 spiro atoms. The van der Waals surface area contributed by atoms with Crippen molar-refractivity contribution in [3.05, 3.63) is 84.1 Å². The minimum atomic E-state index is -4.49. The van der Waals surface area contributed by atoms with Crippen LogP contribution in [-0.4, -0.2) is 37.3 Å². The summed E-state index contributed by atoms with van der Waals surface area (Å²) in [4.78, 5) is 19.7. The van der Waals surface area contributed by atoms with E-state index in [1.807, 2.05) is 43.3 Å². The number of aromatic nitrogens is 1. The van der Waals surface area contributed by atoms with E-state index in [9.17, 15) is 18.0 Å². The highest BCUT2D eigenvalue weighted by molar-refractivity contribution is 6.09. The van der Waals surface area contributed by atoms with Crippen molar-refractivity contribution < 1.29 is 22.7 Å². The number of morpholine rings is 1. The zero-order valence-corrected chi connectivity index (χ0v) is 20.1. The first-order valence-electron chi connectivity index (χ1n) is 11.9. The van der Waals surface area contributed by atoms with E-state index in [2.05, 4.69) is 21.6 Å². The second-order valence-corrected chi connectivity index (χ2v) is 8.77. The van der Waals surface area contributed by atoms with E-state index in [1.54, 1.807) is 6.07 Å². The Bertz CT molecular complexity index is 1450. The van der Waals surface area contributed by atoms with Gasteiger partial charge in [0.2, 0.25) is 0 Å². The smallest absolute Gasteiger partial charge is 0.378 e. The van der Waals surface area contributed by atoms with Crippen molar-refractivity contribution in [1.82, 2.24) is 4.98 Å². The Kier molecular flexibility index (Phi) is 6.71. The molecule has 0 radical (unpaired) electrons. The van der Waals surface area contributed by atoms with E-state index in [0.717, 1.165) is 58.6 Å². The minimum absolute atomic E-state index is 0.0512. The average Bonchev–Trinajstić information content (AvgIpc) is 2.89. The molecule has 5 rings (SSSR count). The second-order valence-electron chi connectivity index (χ2n) is 8.77. The number of rotatable bonds is 4. The number of fused-ring (bicyclic) bond motifs is 1. The van der Waals surface area contributed by atoms with Crippen molar-refractivity contribution >= 4 is 34.0 Å². The first-order valence-corrected chi connectivity index (χ1v) is 11.9. The van der Waals surface area contributed by atoms with Gasteiger partial charge >= 0.3 is 12.2 Å². The molecule has 190 valence electrons. The monoisotopic (exact) mass is 506 g/mol. The molecule has 1 fully saturated rings. The van der Waals surface area contributed by atoms with Crippen LogP contribution >= 0.6 is 0 Å². The summed E-state index contributed by atoms with van der Waals surface area (Å²) in [6.45, 7) is 4.95. The van der Waals surface area contributed by atoms with E-state index in [0.29, 0.717) is 18.9 Å². The van der Waals surface area contributed by atoms with Crippen molar-refractivity contribution in [2.45, 2.75) is 13.1 Å². The summed E-state index contributed by atoms with van der Waals surface area (Å²) in [6.07, 6.45) is -4.49. The number of anilines is 3. The average molecular weight is 507 g/mol. The number of pyridine rings is 1. The highest BCUT2D eigenvalue weighted by Gasteiger charge is 2.30. The van der Waals surface area contributed by atoms with Crippen LogP contribution < -0.4 is 15.5 Å². The molecule has 0 unspecified atom stereocenters. The molecule has 0 aliphatic carbocycles. The van der Waals surface area contributed by atoms with Crippen LogP contribution in [0.4, 0.5) is 35.2 Å². The topological polar surface area (TPSA) is 66.5 Å². The summed E-state index contributed by atoms with van der Waals surface area (Å²) in [5.41, 5.74) is 2.60. The second kappa shape index (κ2) is 10.1. The van der Waals surface area contributed by atoms with Gasteiger partial charge in [0.05, 0.1) is 24.5 Å². The van der Waals surface area contributed by atoms with Gasteiger partial charge in [0.25, 0.3) is 0 Å². The van der Waals surface area contributed by atoms with Gasteiger partial charge in [-0.25, -0.2) is 9.78 Å². The van der Waals surface area contributed by atoms with E-state index >= 15 is 0 Å². The van der Waals surface area contributed by atoms with Crippen molar-refractivity contribution in [3.63, 3.8) is 0 Å². The molecule has 4 aromatic rings. The molecule has 1 aliphatic heterocycles. The normalized spacial score (nSPS) is 14.0. The summed E-state index contributed by atoms with van der Waals surface area (Å²) in [5, 5.41) is 6.98. The summed E-state index contributed by atoms with van der Waals surface area (Å²) in [5.74, 6) is 0.915. The standard InChI is InChI=1S/C28H25F3N4O2/c1-18-21(10-12-26(32-18)35-13-15-37-16-14-35)23-9-11-25(24-8-3-2-7-22(23)24)34-27(36)33-20-6-4-5-19(17-20)28(29,30)31/h2-12,17H,13-16H2,1H3,(H2,33,34,36). The molecule has 2 amide bonds. The van der Waals surface area contributed by atoms with E-state index in [1.165, 1.54) is 12.1 Å². The van der Waals surface area contributed by atoms with Gasteiger partial charge in [-0.05, 0) is 54.3 Å². The van der Waals surface area contributed by atoms with Crippen molar-refractivity contribution in [2.75, 3.05) is 41.8 Å². The summed E-state index contributed by atoms with van der Waals surface area (Å²) in [7, 11) is 0. The van der Waals surface area contributed by atoms with Gasteiger partial charge in [0.15, 0.2) is 0 Å². The molecule has 9 heteroatoms. The first kappa shape index (κ1) is 24.6. The van der Waals surface area contributed by atoms with Crippen molar-refractivity contribution in [2.24, 2.45) is 0 Å². The molecule has 0 atom stereocenters. The predicted octanol–water partition coefficient (Wildman–Crippen LogP) is 6.71. The molecule has 1 aromatic heterocycles. The Morgan fingerprint density at radius 1 is 0.892 bits per heavy atom. The van der Waals surface area contributed by atoms with Gasteiger partial charge in [-0.15, -0.1) is 0 Å². The number of benzene rings is 3. The first-order chi connectivity index (χ1) is 17.8. The lowest BCUT2D eigenvalue weighted by Crippen LogP contribution is -2.36. The van der Waals surface area contributed by atoms with Gasteiger partial charge in [0, 0.05) is 35.4 Å². The minimum Gasteiger partial charge on any atom is -0.378 e. The molecular weight excluding hydrogens is 481 g/mol. The Morgan fingerprint density at radius 3 is 2.35 bits per heavy atom. The number of amides is 2. The lowest BCUT2D eigenvalue weighted by Gasteiger charge is -2.28. The Balaban J connectivity index is 1.41. The molecule has 1 saturated heterocycles. The Morgan fingerprint density at radius 2 is 1.62 bits per heavy atom. The number of aryl methyl sites for hydroxylation is 1. The number of hydrogen-bond donors (Lipinski definition) is 2. The van der Waals surface area contributed by atoms with Gasteiger partial charge in [-0.1, -0.05) is 36.4 Å². The molecule has 6 nitrogen and oxygen atoms in total. The lowest BCUT2D eigenvalue weighted by atomic mass is 9.96. The molecule has 3 aromatic carbocycles. The van der Waals surface area contributed by atoms with E-state index in [-0.39, 0.29) is 5.69 Å². The van der Waals surface area contributed by atoms with Crippen LogP contribution in [0.5, 0.6) is 0 Å². The van der Waals surface area contributed by atoms with Gasteiger partial charge in [-0.3, -0.25) is 0 Å². The Hall–Kier alpha value is -4.11. The lowest BCUT2D eigenvalue weighted by molar-refractivity contribution is -0.137. The molecular formula is C28H25F3N4O2. The molecule has 2 heterocycles. The van der Waals surface area contributed by atoms with Crippen molar-refractivity contribution in [3.8, 4) is 11.1 Å². The van der Waals surface area contributed by atoms with Crippen molar-refractivity contribution in [1.29, 1.82) is 0 Å². The maximum absolute atomic E-state index is 13.0. The number of carbonyl (C=O) groups excluding carboxylic acids is 1. The number of alkyl halides is 3. The van der Waals surface area contributed by atoms with Gasteiger partial charge < -0.3 is 20.3 Å². The molecule has 1 aliphatic rings. The van der Waals surface area contributed by atoms with Crippen LogP contribution in [0.15, 0.2) is 72.8 Å². The van der Waals surface area contributed by atoms with Crippen LogP contribution in [0.1, 0.15) is 11.3 Å². The van der Waals surface area contributed by atoms with Crippen LogP contribution in [0.3, 0.4) is 0 Å². The number of nitrogens with one attached hydrogen (secondary N) is 2. The fraction of sp³-hybridized carbons (Fsp3) is 0.214. The number of urea groups is 1. The molecule has 37 heavy (non-hydrogen) atoms. The zero-order chi connectivity index (χ0) is 26.0. The largest absolute Gasteiger partial charge is 0.416 e. The summed E-state index contributed by atoms with van der Waals surface area (Å²) in [6, 6.07) is 19.3. The summed E-state index contributed by atoms with van der Waals surface area (Å²) < 4.78 is 44.5. The van der Waals surface area contributed by atoms with Gasteiger partial charge in [-0.2, -0.15) is 13.2 Å². The molecule has 0 bridgehead atoms. The van der Waals surface area contributed by atoms with E-state index < -0.39 is 17.8 Å². The maximum Gasteiger partial charge on any atom is 0.416 e. The fourth-order valence-corrected chi connectivity index (χ4v) is 4.50. The number of carbonyl (C=O) groups is 1. The predicted molar refractivity (Wildman–Crippen MR) is 139 cm³/mol. The molecule has 2 N–H and O–H groups in total. The number of ether oxygens (including phenoxy) is 1. The number of halogens is 3. The molecule has 0 saturated carbocycles. The maximum atomic E-state index is 13.0. The third kappa shape index (κ3) is 5.36. The van der Waals surface area contributed by atoms with Crippen LogP contribution in [0.25, 0.3) is 21.9 Å². The highest BCUT2D eigenvalue weighted by Crippen LogP contribution is 2.35. The van der Waals surface area contributed by atoms with Crippen LogP contribution in [0, 0.1) is 6.92 Å². The zero-order valence-electron chi connectivity index (χ0n) is 20.1. The fourth-order valence-electron chi connectivity index (χ4n) is 4.50. The SMILES string of the molecule is Cc1nc(N2CCOCC2)ccc1-c1ccc(NC(=O)Nc2cccc(C(F)(F)F)c2)c2ccccc12. The van der Waals surface area contributed by atoms with Gasteiger partial charge in [0.1, 0.15) is 5.82 Å². The van der Waals surface area contributed by atoms with E-state index in [4.69, 9.17) is 9.72 Å². The Labute approximate surface area is 212 Å². The third-order valence-corrected chi connectivity index (χ3v) is 6.32. The quantitative estimate of drug-likeness (QED) is 0.323. The third-order valence-electron chi connectivity index (χ3n) is 6.32. The van der Waals surface area contributed by atoms with Crippen LogP contribution in [-0.2, 0) is 10.9 Å². The number of nitrogens with zero attached hydrogens (tertiary/aromatic N) is 2. The van der Waals surface area contributed by atoms with Crippen LogP contribution in [0.2, 0.25) is 0 Å². The highest BCUT2D eigenvalue weighted by atomic mass is 19.4. The summed E-state index contributed by atoms with van der Waals surface area (Å²) >= 11 is 0. The number of hydrogen-bond acceptors (Lipinski definition) is 4.